The first kappa shape index (κ1) is 22.3. The average Bonchev–Trinajstić information content (AvgIpc) is 3.15. The van der Waals surface area contributed by atoms with Crippen molar-refractivity contribution in [3.8, 4) is 17.2 Å². The Hall–Kier alpha value is -2.93. The van der Waals surface area contributed by atoms with Crippen molar-refractivity contribution >= 4 is 11.7 Å². The number of hydrogen-bond acceptors (Lipinski definition) is 5. The first-order valence-corrected chi connectivity index (χ1v) is 11.1. The van der Waals surface area contributed by atoms with Crippen LogP contribution in [-0.4, -0.2) is 57.9 Å². The summed E-state index contributed by atoms with van der Waals surface area (Å²) in [6.07, 6.45) is 3.97. The fourth-order valence-corrected chi connectivity index (χ4v) is 5.45. The Morgan fingerprint density at radius 1 is 1.03 bits per heavy atom. The van der Waals surface area contributed by atoms with Crippen molar-refractivity contribution in [1.82, 2.24) is 10.2 Å². The van der Waals surface area contributed by atoms with Gasteiger partial charge in [-0.2, -0.15) is 0 Å². The standard InChI is InChI=1S/C25H33N3O4/c1-28-13-12-25(17-8-9-21(31-3)22(14-17)32-4)11-10-19(16-23(25)28)27-24(29)26-18-6-5-7-20(15-18)30-2/h5-9,14-15,19,23H,10-13,16H2,1-4H3,(H2,26,27,29)/t19-,23+,25-/m0/s1. The van der Waals surface area contributed by atoms with E-state index in [9.17, 15) is 4.79 Å². The largest absolute Gasteiger partial charge is 0.497 e. The Bertz CT molecular complexity index is 966. The van der Waals surface area contributed by atoms with E-state index < -0.39 is 0 Å². The van der Waals surface area contributed by atoms with Crippen LogP contribution in [0, 0.1) is 0 Å². The average molecular weight is 440 g/mol. The Labute approximate surface area is 190 Å². The molecule has 0 radical (unpaired) electrons. The summed E-state index contributed by atoms with van der Waals surface area (Å²) in [6, 6.07) is 14.0. The Kier molecular flexibility index (Phi) is 6.46. The molecule has 172 valence electrons. The van der Waals surface area contributed by atoms with E-state index in [1.54, 1.807) is 21.3 Å². The molecule has 1 aliphatic heterocycles. The molecule has 1 saturated carbocycles. The van der Waals surface area contributed by atoms with Crippen LogP contribution in [0.2, 0.25) is 0 Å². The lowest BCUT2D eigenvalue weighted by molar-refractivity contribution is 0.156. The van der Waals surface area contributed by atoms with Gasteiger partial charge in [-0.15, -0.1) is 0 Å². The van der Waals surface area contributed by atoms with Crippen molar-refractivity contribution in [1.29, 1.82) is 0 Å². The summed E-state index contributed by atoms with van der Waals surface area (Å²) >= 11 is 0. The van der Waals surface area contributed by atoms with E-state index in [1.165, 1.54) is 5.56 Å². The number of benzene rings is 2. The van der Waals surface area contributed by atoms with E-state index >= 15 is 0 Å². The zero-order valence-corrected chi connectivity index (χ0v) is 19.3. The molecule has 32 heavy (non-hydrogen) atoms. The van der Waals surface area contributed by atoms with Gasteiger partial charge in [0, 0.05) is 29.3 Å². The van der Waals surface area contributed by atoms with E-state index in [1.807, 2.05) is 30.3 Å². The number of ether oxygens (including phenoxy) is 3. The lowest BCUT2D eigenvalue weighted by Crippen LogP contribution is -2.52. The third kappa shape index (κ3) is 4.21. The number of rotatable bonds is 6. The van der Waals surface area contributed by atoms with Crippen LogP contribution < -0.4 is 24.8 Å². The van der Waals surface area contributed by atoms with Gasteiger partial charge >= 0.3 is 6.03 Å². The molecule has 7 heteroatoms. The number of fused-ring (bicyclic) bond motifs is 1. The number of anilines is 1. The highest BCUT2D eigenvalue weighted by Gasteiger charge is 2.50. The number of carbonyl (C=O) groups excluding carboxylic acids is 1. The predicted molar refractivity (Wildman–Crippen MR) is 125 cm³/mol. The smallest absolute Gasteiger partial charge is 0.319 e. The quantitative estimate of drug-likeness (QED) is 0.711. The van der Waals surface area contributed by atoms with Gasteiger partial charge in [-0.25, -0.2) is 4.79 Å². The molecule has 3 atom stereocenters. The Balaban J connectivity index is 1.47. The van der Waals surface area contributed by atoms with Crippen LogP contribution in [0.5, 0.6) is 17.2 Å². The van der Waals surface area contributed by atoms with Crippen LogP contribution >= 0.6 is 0 Å². The summed E-state index contributed by atoms with van der Waals surface area (Å²) in [7, 11) is 7.14. The number of nitrogens with one attached hydrogen (secondary N) is 2. The van der Waals surface area contributed by atoms with Gasteiger partial charge in [-0.3, -0.25) is 0 Å². The van der Waals surface area contributed by atoms with Crippen molar-refractivity contribution < 1.29 is 19.0 Å². The first-order valence-electron chi connectivity index (χ1n) is 11.1. The van der Waals surface area contributed by atoms with Gasteiger partial charge < -0.3 is 29.7 Å². The lowest BCUT2D eigenvalue weighted by Gasteiger charge is -2.45. The molecule has 2 aliphatic rings. The van der Waals surface area contributed by atoms with Crippen molar-refractivity contribution in [2.24, 2.45) is 0 Å². The van der Waals surface area contributed by atoms with Gasteiger partial charge in [0.15, 0.2) is 11.5 Å². The monoisotopic (exact) mass is 439 g/mol. The van der Waals surface area contributed by atoms with Gasteiger partial charge in [0.05, 0.1) is 21.3 Å². The summed E-state index contributed by atoms with van der Waals surface area (Å²) in [4.78, 5) is 15.1. The highest BCUT2D eigenvalue weighted by atomic mass is 16.5. The molecule has 0 spiro atoms. The third-order valence-corrected chi connectivity index (χ3v) is 7.15. The minimum Gasteiger partial charge on any atom is -0.497 e. The molecular formula is C25H33N3O4. The maximum absolute atomic E-state index is 12.7. The minimum atomic E-state index is -0.178. The normalized spacial score (nSPS) is 25.0. The zero-order valence-electron chi connectivity index (χ0n) is 19.3. The summed E-state index contributed by atoms with van der Waals surface area (Å²) in [6.45, 7) is 1.04. The number of hydrogen-bond donors (Lipinski definition) is 2. The van der Waals surface area contributed by atoms with E-state index in [0.29, 0.717) is 11.8 Å². The highest BCUT2D eigenvalue weighted by molar-refractivity contribution is 5.89. The Morgan fingerprint density at radius 2 is 1.84 bits per heavy atom. The third-order valence-electron chi connectivity index (χ3n) is 7.15. The van der Waals surface area contributed by atoms with Crippen LogP contribution in [0.25, 0.3) is 0 Å². The zero-order chi connectivity index (χ0) is 22.7. The molecule has 0 bridgehead atoms. The molecule has 2 fully saturated rings. The van der Waals surface area contributed by atoms with Crippen molar-refractivity contribution in [2.45, 2.75) is 43.2 Å². The predicted octanol–water partition coefficient (Wildman–Crippen LogP) is 4.03. The van der Waals surface area contributed by atoms with Crippen molar-refractivity contribution in [3.05, 3.63) is 48.0 Å². The SMILES string of the molecule is COc1cccc(NC(=O)N[C@H]2CC[C@@]3(c4ccc(OC)c(OC)c4)CCN(C)[C@@H]3C2)c1. The van der Waals surface area contributed by atoms with Crippen LogP contribution in [-0.2, 0) is 5.41 Å². The second-order valence-electron chi connectivity index (χ2n) is 8.77. The molecule has 2 N–H and O–H groups in total. The first-order chi connectivity index (χ1) is 15.5. The molecular weight excluding hydrogens is 406 g/mol. The van der Waals surface area contributed by atoms with E-state index in [2.05, 4.69) is 34.7 Å². The number of likely N-dealkylation sites (N-methyl/N-ethyl adjacent to an activating group) is 1. The fourth-order valence-electron chi connectivity index (χ4n) is 5.45. The molecule has 4 rings (SSSR count). The van der Waals surface area contributed by atoms with Gasteiger partial charge in [-0.05, 0) is 69.1 Å². The van der Waals surface area contributed by atoms with Crippen molar-refractivity contribution in [3.63, 3.8) is 0 Å². The molecule has 1 saturated heterocycles. The second-order valence-corrected chi connectivity index (χ2v) is 8.77. The van der Waals surface area contributed by atoms with E-state index in [0.717, 1.165) is 49.4 Å². The summed E-state index contributed by atoms with van der Waals surface area (Å²) in [5, 5.41) is 6.11. The molecule has 1 aliphatic carbocycles. The van der Waals surface area contributed by atoms with Gasteiger partial charge in [0.1, 0.15) is 5.75 Å². The van der Waals surface area contributed by atoms with E-state index in [4.69, 9.17) is 14.2 Å². The van der Waals surface area contributed by atoms with Crippen LogP contribution in [0.4, 0.5) is 10.5 Å². The van der Waals surface area contributed by atoms with Crippen LogP contribution in [0.1, 0.15) is 31.2 Å². The maximum Gasteiger partial charge on any atom is 0.319 e. The molecule has 7 nitrogen and oxygen atoms in total. The highest BCUT2D eigenvalue weighted by Crippen LogP contribution is 2.49. The lowest BCUT2D eigenvalue weighted by atomic mass is 9.65. The molecule has 2 aromatic rings. The fraction of sp³-hybridized carbons (Fsp3) is 0.480. The summed E-state index contributed by atoms with van der Waals surface area (Å²) in [5.74, 6) is 2.23. The van der Waals surface area contributed by atoms with Gasteiger partial charge in [0.2, 0.25) is 0 Å². The van der Waals surface area contributed by atoms with E-state index in [-0.39, 0.29) is 17.5 Å². The molecule has 2 aromatic carbocycles. The van der Waals surface area contributed by atoms with Gasteiger partial charge in [-0.1, -0.05) is 12.1 Å². The van der Waals surface area contributed by atoms with Crippen LogP contribution in [0.3, 0.4) is 0 Å². The number of amides is 2. The topological polar surface area (TPSA) is 72.1 Å². The number of methoxy groups -OCH3 is 3. The molecule has 1 heterocycles. The second kappa shape index (κ2) is 9.28. The molecule has 0 aromatic heterocycles. The number of nitrogens with zero attached hydrogens (tertiary/aromatic N) is 1. The maximum atomic E-state index is 12.7. The van der Waals surface area contributed by atoms with Crippen LogP contribution in [0.15, 0.2) is 42.5 Å². The summed E-state index contributed by atoms with van der Waals surface area (Å²) < 4.78 is 16.2. The number of carbonyl (C=O) groups is 1. The minimum absolute atomic E-state index is 0.0652. The molecule has 0 unspecified atom stereocenters. The molecule has 2 amide bonds. The number of urea groups is 1. The van der Waals surface area contributed by atoms with Crippen molar-refractivity contribution in [2.75, 3.05) is 40.2 Å². The number of likely N-dealkylation sites (tertiary alicyclic amines) is 1. The summed E-state index contributed by atoms with van der Waals surface area (Å²) in [5.41, 5.74) is 2.08. The van der Waals surface area contributed by atoms with Gasteiger partial charge in [0.25, 0.3) is 0 Å². The Morgan fingerprint density at radius 3 is 2.59 bits per heavy atom.